The van der Waals surface area contributed by atoms with Crippen LogP contribution >= 0.6 is 0 Å². The molecule has 0 aromatic heterocycles. The Bertz CT molecular complexity index is 495. The van der Waals surface area contributed by atoms with Crippen LogP contribution in [0.15, 0.2) is 24.3 Å². The minimum atomic E-state index is 0.0326. The minimum Gasteiger partial charge on any atom is -0.508 e. The van der Waals surface area contributed by atoms with Crippen molar-refractivity contribution in [2.24, 2.45) is 11.7 Å². The van der Waals surface area contributed by atoms with Gasteiger partial charge in [-0.15, -0.1) is 0 Å². The van der Waals surface area contributed by atoms with Gasteiger partial charge >= 0.3 is 0 Å². The number of anilines is 1. The number of nitrogens with zero attached hydrogens (tertiary/aromatic N) is 2. The summed E-state index contributed by atoms with van der Waals surface area (Å²) >= 11 is 0. The Hall–Kier alpha value is -1.75. The van der Waals surface area contributed by atoms with Gasteiger partial charge in [0.2, 0.25) is 5.91 Å². The molecule has 21 heavy (non-hydrogen) atoms. The molecule has 3 N–H and O–H groups in total. The molecule has 1 aromatic carbocycles. The molecule has 114 valence electrons. The molecule has 1 heterocycles. The van der Waals surface area contributed by atoms with Crippen LogP contribution in [0.1, 0.15) is 19.3 Å². The van der Waals surface area contributed by atoms with Gasteiger partial charge in [0.05, 0.1) is 5.92 Å². The van der Waals surface area contributed by atoms with Crippen LogP contribution in [0.5, 0.6) is 5.75 Å². The number of carbonyl (C=O) groups is 1. The third-order valence-corrected chi connectivity index (χ3v) is 4.69. The zero-order valence-corrected chi connectivity index (χ0v) is 12.2. The summed E-state index contributed by atoms with van der Waals surface area (Å²) in [5.74, 6) is 0.554. The van der Waals surface area contributed by atoms with Gasteiger partial charge in [-0.25, -0.2) is 0 Å². The molecule has 0 radical (unpaired) electrons. The first-order chi connectivity index (χ1) is 10.1. The van der Waals surface area contributed by atoms with Gasteiger partial charge in [0, 0.05) is 37.9 Å². The quantitative estimate of drug-likeness (QED) is 0.857. The highest BCUT2D eigenvalue weighted by Crippen LogP contribution is 2.27. The highest BCUT2D eigenvalue weighted by atomic mass is 16.3. The third-order valence-electron chi connectivity index (χ3n) is 4.69. The largest absolute Gasteiger partial charge is 0.508 e. The normalized spacial score (nSPS) is 26.1. The van der Waals surface area contributed by atoms with Gasteiger partial charge in [-0.1, -0.05) is 6.42 Å². The molecule has 2 unspecified atom stereocenters. The van der Waals surface area contributed by atoms with Crippen molar-refractivity contribution in [2.45, 2.75) is 25.3 Å². The predicted molar refractivity (Wildman–Crippen MR) is 82.2 cm³/mol. The zero-order valence-electron chi connectivity index (χ0n) is 12.2. The molecule has 0 spiro atoms. The summed E-state index contributed by atoms with van der Waals surface area (Å²) < 4.78 is 0. The number of benzene rings is 1. The molecule has 1 aliphatic heterocycles. The van der Waals surface area contributed by atoms with Crippen molar-refractivity contribution < 1.29 is 9.90 Å². The smallest absolute Gasteiger partial charge is 0.227 e. The van der Waals surface area contributed by atoms with Crippen molar-refractivity contribution in [3.05, 3.63) is 24.3 Å². The number of phenols is 1. The van der Waals surface area contributed by atoms with Gasteiger partial charge < -0.3 is 20.6 Å². The molecule has 1 aliphatic carbocycles. The average Bonchev–Trinajstić information content (AvgIpc) is 2.94. The summed E-state index contributed by atoms with van der Waals surface area (Å²) in [4.78, 5) is 16.7. The summed E-state index contributed by atoms with van der Waals surface area (Å²) in [6.45, 7) is 3.17. The van der Waals surface area contributed by atoms with Gasteiger partial charge in [0.15, 0.2) is 0 Å². The number of aromatic hydroxyl groups is 1. The van der Waals surface area contributed by atoms with E-state index >= 15 is 0 Å². The van der Waals surface area contributed by atoms with E-state index in [0.29, 0.717) is 0 Å². The molecular weight excluding hydrogens is 266 g/mol. The second-order valence-corrected chi connectivity index (χ2v) is 6.03. The number of phenolic OH excluding ortho intramolecular Hbond substituents is 1. The van der Waals surface area contributed by atoms with E-state index in [1.165, 1.54) is 0 Å². The number of piperazine rings is 1. The van der Waals surface area contributed by atoms with Crippen LogP contribution in [-0.2, 0) is 4.79 Å². The van der Waals surface area contributed by atoms with Gasteiger partial charge in [0.25, 0.3) is 0 Å². The van der Waals surface area contributed by atoms with E-state index in [2.05, 4.69) is 4.90 Å². The maximum absolute atomic E-state index is 12.5. The Kier molecular flexibility index (Phi) is 4.01. The van der Waals surface area contributed by atoms with E-state index in [1.807, 2.05) is 17.0 Å². The second-order valence-electron chi connectivity index (χ2n) is 6.03. The monoisotopic (exact) mass is 289 g/mol. The van der Waals surface area contributed by atoms with Crippen LogP contribution in [-0.4, -0.2) is 48.1 Å². The van der Waals surface area contributed by atoms with Crippen molar-refractivity contribution in [1.29, 1.82) is 0 Å². The maximum Gasteiger partial charge on any atom is 0.227 e. The first-order valence-electron chi connectivity index (χ1n) is 7.73. The maximum atomic E-state index is 12.5. The molecular formula is C16H23N3O2. The number of carbonyl (C=O) groups excluding carboxylic acids is 1. The summed E-state index contributed by atoms with van der Waals surface area (Å²) in [6.07, 6.45) is 2.99. The molecule has 2 atom stereocenters. The van der Waals surface area contributed by atoms with E-state index in [9.17, 15) is 9.90 Å². The first-order valence-corrected chi connectivity index (χ1v) is 7.73. The fourth-order valence-corrected chi connectivity index (χ4v) is 3.38. The van der Waals surface area contributed by atoms with Crippen LogP contribution in [0.25, 0.3) is 0 Å². The van der Waals surface area contributed by atoms with Crippen molar-refractivity contribution in [3.8, 4) is 5.75 Å². The molecule has 5 heteroatoms. The van der Waals surface area contributed by atoms with Gasteiger partial charge in [-0.05, 0) is 37.1 Å². The topological polar surface area (TPSA) is 69.8 Å². The van der Waals surface area contributed by atoms with Crippen LogP contribution in [0.4, 0.5) is 5.69 Å². The zero-order chi connectivity index (χ0) is 14.8. The molecule has 2 fully saturated rings. The molecule has 1 saturated carbocycles. The van der Waals surface area contributed by atoms with Crippen molar-refractivity contribution in [1.82, 2.24) is 4.90 Å². The third kappa shape index (κ3) is 2.97. The van der Waals surface area contributed by atoms with Crippen LogP contribution < -0.4 is 10.6 Å². The van der Waals surface area contributed by atoms with Gasteiger partial charge in [-0.2, -0.15) is 0 Å². The van der Waals surface area contributed by atoms with Crippen LogP contribution in [0.2, 0.25) is 0 Å². The Labute approximate surface area is 125 Å². The molecule has 1 aromatic rings. The lowest BCUT2D eigenvalue weighted by atomic mass is 10.0. The number of hydrogen-bond acceptors (Lipinski definition) is 4. The molecule has 5 nitrogen and oxygen atoms in total. The second kappa shape index (κ2) is 5.93. The lowest BCUT2D eigenvalue weighted by Crippen LogP contribution is -2.52. The van der Waals surface area contributed by atoms with Gasteiger partial charge in [-0.3, -0.25) is 4.79 Å². The molecule has 1 amide bonds. The summed E-state index contributed by atoms with van der Waals surface area (Å²) in [7, 11) is 0. The molecule has 0 bridgehead atoms. The lowest BCUT2D eigenvalue weighted by Gasteiger charge is -2.37. The minimum absolute atomic E-state index is 0.0326. The summed E-state index contributed by atoms with van der Waals surface area (Å²) in [5, 5.41) is 9.33. The van der Waals surface area contributed by atoms with Gasteiger partial charge in [0.1, 0.15) is 5.75 Å². The van der Waals surface area contributed by atoms with E-state index in [1.54, 1.807) is 12.1 Å². The summed E-state index contributed by atoms with van der Waals surface area (Å²) in [5.41, 5.74) is 7.13. The van der Waals surface area contributed by atoms with Crippen molar-refractivity contribution in [2.75, 3.05) is 31.1 Å². The van der Waals surface area contributed by atoms with Crippen LogP contribution in [0.3, 0.4) is 0 Å². The standard InChI is InChI=1S/C16H23N3O2/c17-15-3-1-2-14(15)16(21)19-10-8-18(9-11-19)12-4-6-13(20)7-5-12/h4-7,14-15,20H,1-3,8-11,17H2. The predicted octanol–water partition coefficient (Wildman–Crippen LogP) is 1.17. The Morgan fingerprint density at radius 3 is 2.33 bits per heavy atom. The molecule has 1 saturated heterocycles. The number of nitrogens with two attached hydrogens (primary N) is 1. The van der Waals surface area contributed by atoms with Crippen LogP contribution in [0, 0.1) is 5.92 Å². The fourth-order valence-electron chi connectivity index (χ4n) is 3.38. The van der Waals surface area contributed by atoms with E-state index < -0.39 is 0 Å². The number of hydrogen-bond donors (Lipinski definition) is 2. The first kappa shape index (κ1) is 14.2. The van der Waals surface area contributed by atoms with E-state index in [4.69, 9.17) is 5.73 Å². The lowest BCUT2D eigenvalue weighted by molar-refractivity contribution is -0.136. The highest BCUT2D eigenvalue weighted by Gasteiger charge is 2.34. The molecule has 3 rings (SSSR count). The Morgan fingerprint density at radius 1 is 1.10 bits per heavy atom. The Morgan fingerprint density at radius 2 is 1.76 bits per heavy atom. The molecule has 2 aliphatic rings. The summed E-state index contributed by atoms with van der Waals surface area (Å²) in [6, 6.07) is 7.28. The van der Waals surface area contributed by atoms with E-state index in [0.717, 1.165) is 51.1 Å². The highest BCUT2D eigenvalue weighted by molar-refractivity contribution is 5.80. The van der Waals surface area contributed by atoms with Crippen molar-refractivity contribution >= 4 is 11.6 Å². The number of amides is 1. The van der Waals surface area contributed by atoms with Crippen molar-refractivity contribution in [3.63, 3.8) is 0 Å². The Balaban J connectivity index is 1.57. The fraction of sp³-hybridized carbons (Fsp3) is 0.562. The average molecular weight is 289 g/mol. The van der Waals surface area contributed by atoms with E-state index in [-0.39, 0.29) is 23.6 Å². The number of rotatable bonds is 2. The SMILES string of the molecule is NC1CCCC1C(=O)N1CCN(c2ccc(O)cc2)CC1.